The average molecular weight is 453 g/mol. The number of hydrogen-bond acceptors (Lipinski definition) is 4. The molecule has 0 radical (unpaired) electrons. The van der Waals surface area contributed by atoms with Crippen LogP contribution in [0, 0.1) is 6.92 Å². The first-order chi connectivity index (χ1) is 13.0. The number of nitrogens with one attached hydrogen (secondary N) is 1. The minimum atomic E-state index is -0.253. The topological polar surface area (TPSA) is 69.3 Å². The number of aryl methyl sites for hydroxylation is 2. The van der Waals surface area contributed by atoms with E-state index in [9.17, 15) is 4.79 Å². The minimum Gasteiger partial charge on any atom is -0.484 e. The lowest BCUT2D eigenvalue weighted by atomic mass is 10.2. The van der Waals surface area contributed by atoms with Crippen LogP contribution < -0.4 is 10.1 Å². The van der Waals surface area contributed by atoms with Crippen LogP contribution >= 0.6 is 27.5 Å². The monoisotopic (exact) mass is 451 g/mol. The van der Waals surface area contributed by atoms with Gasteiger partial charge in [0.15, 0.2) is 5.76 Å². The fourth-order valence-corrected chi connectivity index (χ4v) is 3.12. The number of carbonyl (C=O) groups is 1. The van der Waals surface area contributed by atoms with E-state index in [1.807, 2.05) is 29.9 Å². The Morgan fingerprint density at radius 3 is 2.96 bits per heavy atom. The Hall–Kier alpha value is -2.25. The number of furan rings is 1. The summed E-state index contributed by atoms with van der Waals surface area (Å²) in [5.74, 6) is 1.18. The number of para-hydroxylation sites is 1. The van der Waals surface area contributed by atoms with Gasteiger partial charge in [-0.1, -0.05) is 23.7 Å². The summed E-state index contributed by atoms with van der Waals surface area (Å²) in [5.41, 5.74) is 0.941. The van der Waals surface area contributed by atoms with Crippen molar-refractivity contribution < 1.29 is 13.9 Å². The Balaban J connectivity index is 1.46. The van der Waals surface area contributed by atoms with Crippen molar-refractivity contribution in [3.8, 4) is 5.75 Å². The van der Waals surface area contributed by atoms with Crippen molar-refractivity contribution in [1.82, 2.24) is 15.1 Å². The van der Waals surface area contributed by atoms with Crippen molar-refractivity contribution in [2.75, 3.05) is 6.54 Å². The molecular formula is C19H19BrClN3O3. The van der Waals surface area contributed by atoms with Crippen molar-refractivity contribution in [2.24, 2.45) is 0 Å². The maximum Gasteiger partial charge on any atom is 0.286 e. The second-order valence-corrected chi connectivity index (χ2v) is 7.29. The molecule has 0 unspecified atom stereocenters. The number of nitrogens with zero attached hydrogens (tertiary/aromatic N) is 2. The fraction of sp³-hybridized carbons (Fsp3) is 0.263. The zero-order valence-electron chi connectivity index (χ0n) is 14.7. The molecule has 1 aromatic carbocycles. The maximum absolute atomic E-state index is 12.2. The van der Waals surface area contributed by atoms with Crippen molar-refractivity contribution in [2.45, 2.75) is 26.5 Å². The van der Waals surface area contributed by atoms with Crippen molar-refractivity contribution >= 4 is 33.4 Å². The predicted octanol–water partition coefficient (Wildman–Crippen LogP) is 4.60. The molecule has 3 rings (SSSR count). The predicted molar refractivity (Wildman–Crippen MR) is 106 cm³/mol. The zero-order chi connectivity index (χ0) is 19.2. The number of ether oxygens (including phenoxy) is 1. The number of benzene rings is 1. The van der Waals surface area contributed by atoms with Crippen molar-refractivity contribution in [3.63, 3.8) is 0 Å². The Morgan fingerprint density at radius 1 is 1.37 bits per heavy atom. The highest BCUT2D eigenvalue weighted by molar-refractivity contribution is 9.10. The molecule has 3 aromatic rings. The molecule has 0 aliphatic rings. The Labute approximate surface area is 170 Å². The van der Waals surface area contributed by atoms with E-state index in [1.54, 1.807) is 24.4 Å². The summed E-state index contributed by atoms with van der Waals surface area (Å²) < 4.78 is 14.0. The number of rotatable bonds is 8. The number of amides is 1. The summed E-state index contributed by atoms with van der Waals surface area (Å²) in [6.07, 6.45) is 4.39. The van der Waals surface area contributed by atoms with Gasteiger partial charge in [-0.2, -0.15) is 5.10 Å². The Bertz CT molecular complexity index is 902. The first-order valence-corrected chi connectivity index (χ1v) is 9.63. The van der Waals surface area contributed by atoms with E-state index in [4.69, 9.17) is 20.8 Å². The van der Waals surface area contributed by atoms with Gasteiger partial charge < -0.3 is 14.5 Å². The molecule has 0 aliphatic heterocycles. The van der Waals surface area contributed by atoms with Crippen LogP contribution in [0.15, 0.2) is 51.6 Å². The smallest absolute Gasteiger partial charge is 0.286 e. The van der Waals surface area contributed by atoms with Crippen LogP contribution in [0.4, 0.5) is 0 Å². The first-order valence-electron chi connectivity index (χ1n) is 8.45. The highest BCUT2D eigenvalue weighted by Gasteiger charge is 2.12. The van der Waals surface area contributed by atoms with Crippen LogP contribution in [0.2, 0.25) is 5.02 Å². The van der Waals surface area contributed by atoms with Crippen LogP contribution in [-0.2, 0) is 13.2 Å². The Morgan fingerprint density at radius 2 is 2.22 bits per heavy atom. The van der Waals surface area contributed by atoms with Crippen molar-refractivity contribution in [3.05, 3.63) is 69.3 Å². The van der Waals surface area contributed by atoms with Crippen LogP contribution in [0.3, 0.4) is 0 Å². The quantitative estimate of drug-likeness (QED) is 0.507. The lowest BCUT2D eigenvalue weighted by molar-refractivity contribution is 0.0920. The number of carbonyl (C=O) groups excluding carboxylic acids is 1. The summed E-state index contributed by atoms with van der Waals surface area (Å²) in [6, 6.07) is 8.92. The van der Waals surface area contributed by atoms with E-state index in [-0.39, 0.29) is 18.3 Å². The first kappa shape index (κ1) is 19.5. The lowest BCUT2D eigenvalue weighted by Crippen LogP contribution is -2.24. The lowest BCUT2D eigenvalue weighted by Gasteiger charge is -2.09. The molecule has 8 heteroatoms. The molecule has 0 saturated heterocycles. The molecule has 1 N–H and O–H groups in total. The summed E-state index contributed by atoms with van der Waals surface area (Å²) in [5, 5.41) is 7.55. The molecule has 0 spiro atoms. The fourth-order valence-electron chi connectivity index (χ4n) is 2.51. The maximum atomic E-state index is 12.2. The van der Waals surface area contributed by atoms with Gasteiger partial charge >= 0.3 is 0 Å². The van der Waals surface area contributed by atoms with Gasteiger partial charge in [0, 0.05) is 19.3 Å². The summed E-state index contributed by atoms with van der Waals surface area (Å²) in [4.78, 5) is 12.2. The van der Waals surface area contributed by atoms with Crippen LogP contribution in [-0.4, -0.2) is 22.2 Å². The van der Waals surface area contributed by atoms with E-state index in [0.717, 1.165) is 23.0 Å². The number of aromatic nitrogens is 2. The van der Waals surface area contributed by atoms with Crippen LogP contribution in [0.5, 0.6) is 5.75 Å². The molecule has 1 amide bonds. The highest BCUT2D eigenvalue weighted by atomic mass is 79.9. The summed E-state index contributed by atoms with van der Waals surface area (Å²) in [7, 11) is 0. The normalized spacial score (nSPS) is 10.8. The van der Waals surface area contributed by atoms with Gasteiger partial charge in [0.25, 0.3) is 5.91 Å². The molecule has 142 valence electrons. The molecule has 2 heterocycles. The van der Waals surface area contributed by atoms with Crippen LogP contribution in [0.1, 0.15) is 28.3 Å². The molecule has 0 saturated carbocycles. The van der Waals surface area contributed by atoms with E-state index in [1.165, 1.54) is 0 Å². The van der Waals surface area contributed by atoms with E-state index in [2.05, 4.69) is 26.3 Å². The number of hydrogen-bond donors (Lipinski definition) is 1. The van der Waals surface area contributed by atoms with Gasteiger partial charge in [-0.05, 0) is 53.0 Å². The second-order valence-electron chi connectivity index (χ2n) is 5.97. The molecule has 0 fully saturated rings. The molecule has 6 nitrogen and oxygen atoms in total. The molecule has 27 heavy (non-hydrogen) atoms. The molecule has 0 atom stereocenters. The third-order valence-corrected chi connectivity index (χ3v) is 4.57. The number of halogens is 2. The second kappa shape index (κ2) is 9.10. The van der Waals surface area contributed by atoms with Crippen LogP contribution in [0.25, 0.3) is 0 Å². The van der Waals surface area contributed by atoms with Gasteiger partial charge in [-0.3, -0.25) is 9.48 Å². The third kappa shape index (κ3) is 5.37. The average Bonchev–Trinajstić information content (AvgIpc) is 3.27. The van der Waals surface area contributed by atoms with Gasteiger partial charge in [0.05, 0.1) is 15.7 Å². The Kier molecular flexibility index (Phi) is 6.58. The summed E-state index contributed by atoms with van der Waals surface area (Å²) in [6.45, 7) is 3.37. The van der Waals surface area contributed by atoms with E-state index >= 15 is 0 Å². The molecule has 2 aromatic heterocycles. The van der Waals surface area contributed by atoms with Gasteiger partial charge in [0.1, 0.15) is 18.1 Å². The zero-order valence-corrected chi connectivity index (χ0v) is 17.1. The molecule has 0 aliphatic carbocycles. The molecular weight excluding hydrogens is 434 g/mol. The highest BCUT2D eigenvalue weighted by Crippen LogP contribution is 2.28. The third-order valence-electron chi connectivity index (χ3n) is 3.86. The molecule has 0 bridgehead atoms. The minimum absolute atomic E-state index is 0.200. The largest absolute Gasteiger partial charge is 0.484 e. The van der Waals surface area contributed by atoms with Crippen molar-refractivity contribution in [1.29, 1.82) is 0 Å². The van der Waals surface area contributed by atoms with E-state index < -0.39 is 0 Å². The summed E-state index contributed by atoms with van der Waals surface area (Å²) >= 11 is 9.49. The van der Waals surface area contributed by atoms with Gasteiger partial charge in [-0.15, -0.1) is 0 Å². The van der Waals surface area contributed by atoms with Gasteiger partial charge in [0.2, 0.25) is 0 Å². The standard InChI is InChI=1S/C19H19BrClN3O3/c1-13-4-2-5-16(21)18(13)26-12-15-6-7-17(27-15)19(25)22-8-3-9-24-11-14(20)10-23-24/h2,4-7,10-11H,3,8-9,12H2,1H3,(H,22,25). The SMILES string of the molecule is Cc1cccc(Cl)c1OCc1ccc(C(=O)NCCCn2cc(Br)cn2)o1. The van der Waals surface area contributed by atoms with E-state index in [0.29, 0.717) is 23.1 Å². The van der Waals surface area contributed by atoms with Gasteiger partial charge in [-0.25, -0.2) is 0 Å².